The SMILES string of the molecule is Nc1ncnc2scc(-c3ccc(NC(=O)Nc4cccc(F)c4)cc3)c12. The van der Waals surface area contributed by atoms with E-state index in [9.17, 15) is 9.18 Å². The fourth-order valence-corrected chi connectivity index (χ4v) is 3.63. The number of anilines is 3. The van der Waals surface area contributed by atoms with Crippen molar-refractivity contribution in [3.05, 3.63) is 66.1 Å². The lowest BCUT2D eigenvalue weighted by molar-refractivity contribution is 0.262. The molecular formula is C19H14FN5OS. The van der Waals surface area contributed by atoms with E-state index in [0.717, 1.165) is 21.3 Å². The Hall–Kier alpha value is -3.52. The van der Waals surface area contributed by atoms with Gasteiger partial charge in [0, 0.05) is 22.3 Å². The highest BCUT2D eigenvalue weighted by molar-refractivity contribution is 7.17. The van der Waals surface area contributed by atoms with Crippen molar-refractivity contribution in [1.82, 2.24) is 9.97 Å². The van der Waals surface area contributed by atoms with Crippen LogP contribution in [-0.2, 0) is 0 Å². The Balaban J connectivity index is 1.51. The Kier molecular flexibility index (Phi) is 4.39. The zero-order valence-corrected chi connectivity index (χ0v) is 14.8. The summed E-state index contributed by atoms with van der Waals surface area (Å²) in [6.07, 6.45) is 1.45. The molecule has 134 valence electrons. The molecule has 4 rings (SSSR count). The average molecular weight is 379 g/mol. The second-order valence-corrected chi connectivity index (χ2v) is 6.61. The number of amides is 2. The van der Waals surface area contributed by atoms with Crippen LogP contribution in [0.15, 0.2) is 60.2 Å². The van der Waals surface area contributed by atoms with Gasteiger partial charge in [0.2, 0.25) is 0 Å². The van der Waals surface area contributed by atoms with Crippen molar-refractivity contribution in [2.45, 2.75) is 0 Å². The van der Waals surface area contributed by atoms with E-state index in [0.29, 0.717) is 17.2 Å². The molecule has 0 atom stereocenters. The van der Waals surface area contributed by atoms with E-state index < -0.39 is 11.8 Å². The molecule has 27 heavy (non-hydrogen) atoms. The topological polar surface area (TPSA) is 92.9 Å². The maximum absolute atomic E-state index is 13.2. The van der Waals surface area contributed by atoms with Crippen LogP contribution >= 0.6 is 11.3 Å². The Morgan fingerprint density at radius 1 is 1.04 bits per heavy atom. The molecule has 0 aliphatic rings. The van der Waals surface area contributed by atoms with Gasteiger partial charge in [0.05, 0.1) is 5.39 Å². The molecule has 4 N–H and O–H groups in total. The van der Waals surface area contributed by atoms with Gasteiger partial charge in [-0.25, -0.2) is 19.2 Å². The van der Waals surface area contributed by atoms with Crippen LogP contribution in [0.25, 0.3) is 21.3 Å². The van der Waals surface area contributed by atoms with Crippen molar-refractivity contribution >= 4 is 44.8 Å². The monoisotopic (exact) mass is 379 g/mol. The summed E-state index contributed by atoms with van der Waals surface area (Å²) < 4.78 is 13.2. The number of nitrogen functional groups attached to an aromatic ring is 1. The number of aromatic nitrogens is 2. The van der Waals surface area contributed by atoms with Crippen molar-refractivity contribution in [3.63, 3.8) is 0 Å². The van der Waals surface area contributed by atoms with Crippen LogP contribution in [0, 0.1) is 5.82 Å². The number of hydrogen-bond acceptors (Lipinski definition) is 5. The van der Waals surface area contributed by atoms with E-state index in [1.165, 1.54) is 35.9 Å². The van der Waals surface area contributed by atoms with E-state index in [1.807, 2.05) is 17.5 Å². The van der Waals surface area contributed by atoms with Gasteiger partial charge >= 0.3 is 6.03 Å². The smallest absolute Gasteiger partial charge is 0.323 e. The minimum Gasteiger partial charge on any atom is -0.383 e. The Morgan fingerprint density at radius 2 is 1.81 bits per heavy atom. The third kappa shape index (κ3) is 3.56. The largest absolute Gasteiger partial charge is 0.383 e. The molecule has 2 amide bonds. The lowest BCUT2D eigenvalue weighted by atomic mass is 10.1. The summed E-state index contributed by atoms with van der Waals surface area (Å²) in [6, 6.07) is 12.6. The maximum atomic E-state index is 13.2. The van der Waals surface area contributed by atoms with Crippen LogP contribution in [0.1, 0.15) is 0 Å². The van der Waals surface area contributed by atoms with E-state index in [4.69, 9.17) is 5.73 Å². The average Bonchev–Trinajstić information content (AvgIpc) is 3.08. The van der Waals surface area contributed by atoms with E-state index in [-0.39, 0.29) is 0 Å². The molecule has 0 saturated heterocycles. The Labute approximate surface area is 157 Å². The van der Waals surface area contributed by atoms with E-state index in [2.05, 4.69) is 20.6 Å². The van der Waals surface area contributed by atoms with Gasteiger partial charge in [-0.05, 0) is 35.9 Å². The molecule has 2 aromatic heterocycles. The lowest BCUT2D eigenvalue weighted by Gasteiger charge is -2.08. The molecular weight excluding hydrogens is 365 g/mol. The number of nitrogens with two attached hydrogens (primary N) is 1. The van der Waals surface area contributed by atoms with Crippen LogP contribution in [0.2, 0.25) is 0 Å². The number of halogens is 1. The number of fused-ring (bicyclic) bond motifs is 1. The fourth-order valence-electron chi connectivity index (χ4n) is 2.70. The minimum absolute atomic E-state index is 0.379. The van der Waals surface area contributed by atoms with Crippen LogP contribution in [0.5, 0.6) is 0 Å². The second-order valence-electron chi connectivity index (χ2n) is 5.76. The second kappa shape index (κ2) is 7.00. The Morgan fingerprint density at radius 3 is 2.59 bits per heavy atom. The maximum Gasteiger partial charge on any atom is 0.323 e. The summed E-state index contributed by atoms with van der Waals surface area (Å²) in [7, 11) is 0. The molecule has 0 bridgehead atoms. The summed E-state index contributed by atoms with van der Waals surface area (Å²) in [5, 5.41) is 8.10. The first-order valence-corrected chi connectivity index (χ1v) is 8.90. The third-order valence-corrected chi connectivity index (χ3v) is 4.82. The highest BCUT2D eigenvalue weighted by Crippen LogP contribution is 2.35. The molecule has 0 spiro atoms. The molecule has 0 fully saturated rings. The molecule has 4 aromatic rings. The predicted octanol–water partition coefficient (Wildman–Crippen LogP) is 4.72. The number of thiophene rings is 1. The van der Waals surface area contributed by atoms with Crippen LogP contribution in [-0.4, -0.2) is 16.0 Å². The highest BCUT2D eigenvalue weighted by atomic mass is 32.1. The number of carbonyl (C=O) groups is 1. The number of nitrogens with zero attached hydrogens (tertiary/aromatic N) is 2. The fraction of sp³-hybridized carbons (Fsp3) is 0. The zero-order chi connectivity index (χ0) is 18.8. The molecule has 8 heteroatoms. The van der Waals surface area contributed by atoms with Gasteiger partial charge in [-0.1, -0.05) is 18.2 Å². The summed E-state index contributed by atoms with van der Waals surface area (Å²) >= 11 is 1.50. The van der Waals surface area contributed by atoms with Gasteiger partial charge in [-0.2, -0.15) is 0 Å². The third-order valence-electron chi connectivity index (χ3n) is 3.94. The number of nitrogens with one attached hydrogen (secondary N) is 2. The Bertz CT molecular complexity index is 1130. The summed E-state index contributed by atoms with van der Waals surface area (Å²) in [5.41, 5.74) is 8.86. The molecule has 0 radical (unpaired) electrons. The summed E-state index contributed by atoms with van der Waals surface area (Å²) in [5.74, 6) is 0.0244. The van der Waals surface area contributed by atoms with Gasteiger partial charge in [0.15, 0.2) is 0 Å². The van der Waals surface area contributed by atoms with E-state index in [1.54, 1.807) is 18.2 Å². The number of urea groups is 1. The normalized spacial score (nSPS) is 10.7. The molecule has 0 saturated carbocycles. The van der Waals surface area contributed by atoms with Crippen LogP contribution in [0.3, 0.4) is 0 Å². The molecule has 2 heterocycles. The van der Waals surface area contributed by atoms with Gasteiger partial charge < -0.3 is 16.4 Å². The predicted molar refractivity (Wildman–Crippen MR) is 106 cm³/mol. The number of benzene rings is 2. The molecule has 6 nitrogen and oxygen atoms in total. The quantitative estimate of drug-likeness (QED) is 0.480. The van der Waals surface area contributed by atoms with Crippen molar-refractivity contribution in [2.24, 2.45) is 0 Å². The molecule has 2 aromatic carbocycles. The van der Waals surface area contributed by atoms with Crippen LogP contribution < -0.4 is 16.4 Å². The first kappa shape index (κ1) is 16.9. The van der Waals surface area contributed by atoms with Crippen molar-refractivity contribution in [3.8, 4) is 11.1 Å². The first-order valence-electron chi connectivity index (χ1n) is 8.02. The zero-order valence-electron chi connectivity index (χ0n) is 13.9. The summed E-state index contributed by atoms with van der Waals surface area (Å²) in [4.78, 5) is 21.2. The minimum atomic E-state index is -0.452. The molecule has 0 aliphatic carbocycles. The number of rotatable bonds is 3. The van der Waals surface area contributed by atoms with E-state index >= 15 is 0 Å². The number of carbonyl (C=O) groups excluding carboxylic acids is 1. The summed E-state index contributed by atoms with van der Waals surface area (Å²) in [6.45, 7) is 0. The lowest BCUT2D eigenvalue weighted by Crippen LogP contribution is -2.19. The van der Waals surface area contributed by atoms with Gasteiger partial charge in [-0.3, -0.25) is 0 Å². The van der Waals surface area contributed by atoms with Gasteiger partial charge in [0.25, 0.3) is 0 Å². The van der Waals surface area contributed by atoms with Crippen molar-refractivity contribution in [2.75, 3.05) is 16.4 Å². The van der Waals surface area contributed by atoms with Crippen molar-refractivity contribution in [1.29, 1.82) is 0 Å². The highest BCUT2D eigenvalue weighted by Gasteiger charge is 2.11. The molecule has 0 unspecified atom stereocenters. The van der Waals surface area contributed by atoms with Gasteiger partial charge in [0.1, 0.15) is 22.8 Å². The van der Waals surface area contributed by atoms with Gasteiger partial charge in [-0.15, -0.1) is 11.3 Å². The van der Waals surface area contributed by atoms with Crippen LogP contribution in [0.4, 0.5) is 26.4 Å². The number of hydrogen-bond donors (Lipinski definition) is 3. The first-order chi connectivity index (χ1) is 13.1. The molecule has 0 aliphatic heterocycles. The standard InChI is InChI=1S/C19H14FN5OS/c20-12-2-1-3-14(8-12)25-19(26)24-13-6-4-11(5-7-13)15-9-27-18-16(15)17(21)22-10-23-18/h1-10H,(H2,21,22,23)(H2,24,25,26). The van der Waals surface area contributed by atoms with Crippen molar-refractivity contribution < 1.29 is 9.18 Å².